The lowest BCUT2D eigenvalue weighted by Gasteiger charge is -2.10. The molecule has 2 heteroatoms. The van der Waals surface area contributed by atoms with Crippen molar-refractivity contribution in [2.24, 2.45) is 0 Å². The fourth-order valence-corrected chi connectivity index (χ4v) is 1.01. The van der Waals surface area contributed by atoms with Crippen molar-refractivity contribution < 1.29 is 4.79 Å². The van der Waals surface area contributed by atoms with Crippen molar-refractivity contribution in [1.82, 2.24) is 4.90 Å². The minimum absolute atomic E-state index is 0.278. The Kier molecular flexibility index (Phi) is 1.56. The first-order valence-corrected chi connectivity index (χ1v) is 3.12. The van der Waals surface area contributed by atoms with Crippen molar-refractivity contribution in [3.05, 3.63) is 11.8 Å². The lowest BCUT2D eigenvalue weighted by atomic mass is 10.3. The summed E-state index contributed by atoms with van der Waals surface area (Å²) in [6.07, 6.45) is 3.61. The zero-order valence-electron chi connectivity index (χ0n) is 5.85. The molecule has 1 rings (SSSR count). The predicted molar refractivity (Wildman–Crippen MR) is 36.0 cm³/mol. The van der Waals surface area contributed by atoms with E-state index in [1.807, 2.05) is 25.1 Å². The number of carbonyl (C=O) groups is 1. The maximum Gasteiger partial charge on any atom is 0.178 e. The molecule has 0 spiro atoms. The average Bonchev–Trinajstić information content (AvgIpc) is 2.13. The lowest BCUT2D eigenvalue weighted by Crippen LogP contribution is -2.15. The number of Topliss-reactive ketones (excluding diaryl/α,β-unsaturated/α-hetero) is 1. The van der Waals surface area contributed by atoms with E-state index in [-0.39, 0.29) is 5.78 Å². The van der Waals surface area contributed by atoms with Gasteiger partial charge in [-0.05, 0) is 6.42 Å². The molecule has 50 valence electrons. The molecule has 2 nitrogen and oxygen atoms in total. The largest absolute Gasteiger partial charge is 0.375 e. The highest BCUT2D eigenvalue weighted by atomic mass is 16.1. The molecule has 0 radical (unpaired) electrons. The maximum atomic E-state index is 10.9. The molecule has 0 aromatic carbocycles. The Morgan fingerprint density at radius 3 is 2.44 bits per heavy atom. The van der Waals surface area contributed by atoms with E-state index in [1.54, 1.807) is 0 Å². The fraction of sp³-hybridized carbons (Fsp3) is 0.571. The van der Waals surface area contributed by atoms with Gasteiger partial charge in [-0.15, -0.1) is 0 Å². The number of nitrogens with zero attached hydrogens (tertiary/aromatic N) is 1. The standard InChI is InChI=1S/C7H11NO/c1-8(2)6-4-3-5-7(6)9/h4H,3,5H2,1-2H3. The molecular weight excluding hydrogens is 114 g/mol. The van der Waals surface area contributed by atoms with Gasteiger partial charge in [0.25, 0.3) is 0 Å². The molecule has 0 heterocycles. The van der Waals surface area contributed by atoms with Crippen LogP contribution in [-0.2, 0) is 4.79 Å². The Morgan fingerprint density at radius 1 is 1.56 bits per heavy atom. The number of ketones is 1. The molecule has 0 fully saturated rings. The van der Waals surface area contributed by atoms with Crippen LogP contribution in [0, 0.1) is 0 Å². The van der Waals surface area contributed by atoms with Crippen molar-refractivity contribution in [3.63, 3.8) is 0 Å². The van der Waals surface area contributed by atoms with E-state index in [9.17, 15) is 4.79 Å². The van der Waals surface area contributed by atoms with Crippen LogP contribution in [0.2, 0.25) is 0 Å². The van der Waals surface area contributed by atoms with Crippen LogP contribution in [-0.4, -0.2) is 24.8 Å². The third-order valence-electron chi connectivity index (χ3n) is 1.48. The van der Waals surface area contributed by atoms with Gasteiger partial charge in [0.15, 0.2) is 5.78 Å². The number of hydrogen-bond acceptors (Lipinski definition) is 2. The number of likely N-dealkylation sites (N-methyl/N-ethyl adjacent to an activating group) is 1. The normalized spacial score (nSPS) is 18.0. The smallest absolute Gasteiger partial charge is 0.178 e. The van der Waals surface area contributed by atoms with Gasteiger partial charge in [-0.25, -0.2) is 0 Å². The summed E-state index contributed by atoms with van der Waals surface area (Å²) in [5.41, 5.74) is 0.870. The predicted octanol–water partition coefficient (Wildman–Crippen LogP) is 0.795. The Labute approximate surface area is 55.2 Å². The molecule has 0 amide bonds. The van der Waals surface area contributed by atoms with Crippen molar-refractivity contribution in [2.75, 3.05) is 14.1 Å². The highest BCUT2D eigenvalue weighted by molar-refractivity contribution is 5.96. The minimum Gasteiger partial charge on any atom is -0.375 e. The lowest BCUT2D eigenvalue weighted by molar-refractivity contribution is -0.116. The van der Waals surface area contributed by atoms with Gasteiger partial charge in [-0.1, -0.05) is 6.08 Å². The minimum atomic E-state index is 0.278. The molecule has 0 aromatic rings. The Morgan fingerprint density at radius 2 is 2.22 bits per heavy atom. The molecule has 0 unspecified atom stereocenters. The van der Waals surface area contributed by atoms with Gasteiger partial charge in [0, 0.05) is 20.5 Å². The van der Waals surface area contributed by atoms with Crippen LogP contribution in [0.3, 0.4) is 0 Å². The van der Waals surface area contributed by atoms with Gasteiger partial charge in [0.1, 0.15) is 0 Å². The first-order valence-electron chi connectivity index (χ1n) is 3.12. The second kappa shape index (κ2) is 2.21. The molecule has 1 aliphatic carbocycles. The highest BCUT2D eigenvalue weighted by Gasteiger charge is 2.15. The van der Waals surface area contributed by atoms with Crippen LogP contribution in [0.25, 0.3) is 0 Å². The number of rotatable bonds is 1. The molecule has 0 saturated carbocycles. The van der Waals surface area contributed by atoms with E-state index in [1.165, 1.54) is 0 Å². The first kappa shape index (κ1) is 6.33. The zero-order valence-corrected chi connectivity index (χ0v) is 5.85. The van der Waals surface area contributed by atoms with Crippen molar-refractivity contribution >= 4 is 5.78 Å². The summed E-state index contributed by atoms with van der Waals surface area (Å²) in [5, 5.41) is 0. The second-order valence-corrected chi connectivity index (χ2v) is 2.45. The Hall–Kier alpha value is -0.790. The van der Waals surface area contributed by atoms with Crippen molar-refractivity contribution in [2.45, 2.75) is 12.8 Å². The van der Waals surface area contributed by atoms with Gasteiger partial charge in [0.05, 0.1) is 5.70 Å². The summed E-state index contributed by atoms with van der Waals surface area (Å²) in [5.74, 6) is 0.278. The summed E-state index contributed by atoms with van der Waals surface area (Å²) in [4.78, 5) is 12.8. The van der Waals surface area contributed by atoms with E-state index in [4.69, 9.17) is 0 Å². The van der Waals surface area contributed by atoms with E-state index in [0.29, 0.717) is 6.42 Å². The average molecular weight is 125 g/mol. The topological polar surface area (TPSA) is 20.3 Å². The highest BCUT2D eigenvalue weighted by Crippen LogP contribution is 2.14. The summed E-state index contributed by atoms with van der Waals surface area (Å²) >= 11 is 0. The van der Waals surface area contributed by atoms with Gasteiger partial charge in [-0.2, -0.15) is 0 Å². The Bertz CT molecular complexity index is 158. The Balaban J connectivity index is 2.68. The summed E-state index contributed by atoms with van der Waals surface area (Å²) in [6, 6.07) is 0. The summed E-state index contributed by atoms with van der Waals surface area (Å²) < 4.78 is 0. The van der Waals surface area contributed by atoms with Crippen LogP contribution in [0.1, 0.15) is 12.8 Å². The number of allylic oxidation sites excluding steroid dienone is 2. The van der Waals surface area contributed by atoms with E-state index in [0.717, 1.165) is 12.1 Å². The van der Waals surface area contributed by atoms with E-state index < -0.39 is 0 Å². The van der Waals surface area contributed by atoms with Gasteiger partial charge >= 0.3 is 0 Å². The van der Waals surface area contributed by atoms with Gasteiger partial charge < -0.3 is 4.90 Å². The summed E-state index contributed by atoms with van der Waals surface area (Å²) in [7, 11) is 3.80. The fourth-order valence-electron chi connectivity index (χ4n) is 1.01. The second-order valence-electron chi connectivity index (χ2n) is 2.45. The van der Waals surface area contributed by atoms with Crippen LogP contribution in [0.5, 0.6) is 0 Å². The maximum absolute atomic E-state index is 10.9. The molecule has 0 atom stereocenters. The van der Waals surface area contributed by atoms with Crippen molar-refractivity contribution in [3.8, 4) is 0 Å². The molecule has 0 aromatic heterocycles. The first-order chi connectivity index (χ1) is 4.22. The van der Waals surface area contributed by atoms with Gasteiger partial charge in [0.2, 0.25) is 0 Å². The van der Waals surface area contributed by atoms with E-state index >= 15 is 0 Å². The number of carbonyl (C=O) groups excluding carboxylic acids is 1. The number of hydrogen-bond donors (Lipinski definition) is 0. The van der Waals surface area contributed by atoms with Crippen LogP contribution in [0.15, 0.2) is 11.8 Å². The quantitative estimate of drug-likeness (QED) is 0.516. The molecule has 0 saturated heterocycles. The SMILES string of the molecule is CN(C)C1=CCCC1=O. The van der Waals surface area contributed by atoms with Crippen LogP contribution >= 0.6 is 0 Å². The monoisotopic (exact) mass is 125 g/mol. The molecule has 0 bridgehead atoms. The van der Waals surface area contributed by atoms with Crippen LogP contribution in [0.4, 0.5) is 0 Å². The third-order valence-corrected chi connectivity index (χ3v) is 1.48. The molecule has 0 N–H and O–H groups in total. The summed E-state index contributed by atoms with van der Waals surface area (Å²) in [6.45, 7) is 0. The van der Waals surface area contributed by atoms with Crippen molar-refractivity contribution in [1.29, 1.82) is 0 Å². The molecule has 0 aliphatic heterocycles. The molecular formula is C7H11NO. The van der Waals surface area contributed by atoms with E-state index in [2.05, 4.69) is 0 Å². The molecule has 1 aliphatic rings. The third kappa shape index (κ3) is 1.12. The molecule has 9 heavy (non-hydrogen) atoms. The van der Waals surface area contributed by atoms with Gasteiger partial charge in [-0.3, -0.25) is 4.79 Å². The van der Waals surface area contributed by atoms with Crippen LogP contribution < -0.4 is 0 Å². The zero-order chi connectivity index (χ0) is 6.85.